The first-order valence-electron chi connectivity index (χ1n) is 5.47. The van der Waals surface area contributed by atoms with E-state index in [0.29, 0.717) is 12.5 Å². The molecule has 1 heterocycles. The molecule has 0 amide bonds. The van der Waals surface area contributed by atoms with Crippen molar-refractivity contribution in [2.45, 2.75) is 32.4 Å². The van der Waals surface area contributed by atoms with Crippen LogP contribution in [-0.2, 0) is 22.5 Å². The number of methoxy groups -OCH3 is 1. The molecule has 1 rings (SSSR count). The zero-order valence-electron chi connectivity index (χ0n) is 10.2. The first-order chi connectivity index (χ1) is 8.15. The molecule has 1 aromatic rings. The molecular weight excluding hydrogens is 234 g/mol. The Labute approximate surface area is 106 Å². The summed E-state index contributed by atoms with van der Waals surface area (Å²) in [5.41, 5.74) is 0. The van der Waals surface area contributed by atoms with Gasteiger partial charge < -0.3 is 10.1 Å². The van der Waals surface area contributed by atoms with Gasteiger partial charge in [-0.1, -0.05) is 0 Å². The number of esters is 1. The second-order valence-corrected chi connectivity index (χ2v) is 5.06. The van der Waals surface area contributed by atoms with Crippen LogP contribution in [0.3, 0.4) is 0 Å². The molecule has 0 aromatic carbocycles. The average Bonchev–Trinajstić information content (AvgIpc) is 2.74. The van der Waals surface area contributed by atoms with Crippen LogP contribution >= 0.6 is 11.3 Å². The molecule has 0 bridgehead atoms. The van der Waals surface area contributed by atoms with E-state index < -0.39 is 0 Å². The molecule has 0 aliphatic heterocycles. The van der Waals surface area contributed by atoms with Crippen LogP contribution in [0.1, 0.15) is 23.1 Å². The summed E-state index contributed by atoms with van der Waals surface area (Å²) < 4.78 is 4.62. The number of hydrogen-bond donors (Lipinski definition) is 1. The summed E-state index contributed by atoms with van der Waals surface area (Å²) in [5, 5.41) is 3.33. The number of carbonyl (C=O) groups is 1. The molecule has 4 heteroatoms. The molecule has 0 aliphatic carbocycles. The number of carbonyl (C=O) groups excluding carboxylic acids is 1. The number of thiophene rings is 1. The molecule has 17 heavy (non-hydrogen) atoms. The zero-order chi connectivity index (χ0) is 12.7. The van der Waals surface area contributed by atoms with E-state index >= 15 is 0 Å². The van der Waals surface area contributed by atoms with Crippen LogP contribution in [0.5, 0.6) is 0 Å². The Kier molecular flexibility index (Phi) is 5.75. The van der Waals surface area contributed by atoms with Gasteiger partial charge in [0, 0.05) is 28.8 Å². The van der Waals surface area contributed by atoms with Crippen LogP contribution in [0.4, 0.5) is 0 Å². The number of rotatable bonds is 6. The lowest BCUT2D eigenvalue weighted by Crippen LogP contribution is -2.24. The van der Waals surface area contributed by atoms with Gasteiger partial charge >= 0.3 is 5.97 Å². The van der Waals surface area contributed by atoms with Gasteiger partial charge in [0.15, 0.2) is 0 Å². The van der Waals surface area contributed by atoms with Crippen LogP contribution in [0, 0.1) is 12.3 Å². The van der Waals surface area contributed by atoms with E-state index in [1.165, 1.54) is 12.0 Å². The third-order valence-corrected chi connectivity index (χ3v) is 3.40. The van der Waals surface area contributed by atoms with Crippen LogP contribution in [0.15, 0.2) is 12.1 Å². The number of terminal acetylenes is 1. The van der Waals surface area contributed by atoms with Gasteiger partial charge in [0.2, 0.25) is 0 Å². The topological polar surface area (TPSA) is 38.3 Å². The molecule has 92 valence electrons. The van der Waals surface area contributed by atoms with Crippen molar-refractivity contribution in [2.24, 2.45) is 0 Å². The predicted octanol–water partition coefficient (Wildman–Crippen LogP) is 1.97. The summed E-state index contributed by atoms with van der Waals surface area (Å²) in [6.45, 7) is 2.84. The minimum absolute atomic E-state index is 0.202. The van der Waals surface area contributed by atoms with Crippen LogP contribution in [-0.4, -0.2) is 19.1 Å². The smallest absolute Gasteiger partial charge is 0.310 e. The minimum Gasteiger partial charge on any atom is -0.469 e. The predicted molar refractivity (Wildman–Crippen MR) is 69.8 cm³/mol. The van der Waals surface area contributed by atoms with Gasteiger partial charge in [-0.05, 0) is 19.1 Å². The van der Waals surface area contributed by atoms with E-state index in [0.717, 1.165) is 17.8 Å². The fourth-order valence-corrected chi connectivity index (χ4v) is 2.30. The molecule has 3 nitrogen and oxygen atoms in total. The monoisotopic (exact) mass is 251 g/mol. The molecular formula is C13H17NO2S. The molecule has 1 N–H and O–H groups in total. The van der Waals surface area contributed by atoms with Crippen molar-refractivity contribution in [2.75, 3.05) is 7.11 Å². The number of ether oxygens (including phenoxy) is 1. The lowest BCUT2D eigenvalue weighted by Gasteiger charge is -2.08. The fourth-order valence-electron chi connectivity index (χ4n) is 1.35. The van der Waals surface area contributed by atoms with Crippen molar-refractivity contribution < 1.29 is 9.53 Å². The lowest BCUT2D eigenvalue weighted by atomic mass is 10.2. The highest BCUT2D eigenvalue weighted by molar-refractivity contribution is 7.12. The van der Waals surface area contributed by atoms with Crippen LogP contribution in [0.2, 0.25) is 0 Å². The van der Waals surface area contributed by atoms with Gasteiger partial charge in [0.1, 0.15) is 0 Å². The maximum absolute atomic E-state index is 11.1. The Morgan fingerprint density at radius 1 is 1.59 bits per heavy atom. The largest absolute Gasteiger partial charge is 0.469 e. The maximum Gasteiger partial charge on any atom is 0.310 e. The van der Waals surface area contributed by atoms with E-state index in [1.54, 1.807) is 11.3 Å². The van der Waals surface area contributed by atoms with Gasteiger partial charge in [-0.15, -0.1) is 23.7 Å². The summed E-state index contributed by atoms with van der Waals surface area (Å²) in [6, 6.07) is 4.30. The highest BCUT2D eigenvalue weighted by atomic mass is 32.1. The summed E-state index contributed by atoms with van der Waals surface area (Å²) in [7, 11) is 1.40. The molecule has 0 radical (unpaired) electrons. The van der Waals surface area contributed by atoms with Crippen LogP contribution in [0.25, 0.3) is 0 Å². The second kappa shape index (κ2) is 7.10. The summed E-state index contributed by atoms with van der Waals surface area (Å²) in [4.78, 5) is 13.3. The molecule has 0 aliphatic rings. The Morgan fingerprint density at radius 3 is 2.94 bits per heavy atom. The number of hydrogen-bond acceptors (Lipinski definition) is 4. The van der Waals surface area contributed by atoms with Crippen molar-refractivity contribution in [1.29, 1.82) is 0 Å². The molecule has 1 aromatic heterocycles. The van der Waals surface area contributed by atoms with E-state index in [4.69, 9.17) is 6.42 Å². The number of nitrogens with one attached hydrogen (secondary N) is 1. The van der Waals surface area contributed by atoms with E-state index in [9.17, 15) is 4.79 Å². The molecule has 1 unspecified atom stereocenters. The van der Waals surface area contributed by atoms with Crippen molar-refractivity contribution >= 4 is 17.3 Å². The van der Waals surface area contributed by atoms with E-state index in [-0.39, 0.29) is 5.97 Å². The highest BCUT2D eigenvalue weighted by Gasteiger charge is 2.06. The van der Waals surface area contributed by atoms with Gasteiger partial charge in [0.05, 0.1) is 13.5 Å². The second-order valence-electron chi connectivity index (χ2n) is 3.81. The summed E-state index contributed by atoms with van der Waals surface area (Å²) in [6.07, 6.45) is 6.30. The fraction of sp³-hybridized carbons (Fsp3) is 0.462. The molecule has 1 atom stereocenters. The molecule has 0 fully saturated rings. The Hall–Kier alpha value is -1.31. The first kappa shape index (κ1) is 13.8. The van der Waals surface area contributed by atoms with Crippen molar-refractivity contribution in [1.82, 2.24) is 5.32 Å². The minimum atomic E-state index is -0.202. The quantitative estimate of drug-likeness (QED) is 0.620. The van der Waals surface area contributed by atoms with Gasteiger partial charge in [-0.3, -0.25) is 4.79 Å². The standard InChI is InChI=1S/C13H17NO2S/c1-4-5-10(2)14-9-12-7-6-11(17-12)8-13(15)16-3/h1,6-7,10,14H,5,8-9H2,2-3H3. The van der Waals surface area contributed by atoms with E-state index in [1.807, 2.05) is 12.1 Å². The van der Waals surface area contributed by atoms with Crippen molar-refractivity contribution in [3.8, 4) is 12.3 Å². The van der Waals surface area contributed by atoms with Gasteiger partial charge in [0.25, 0.3) is 0 Å². The molecule has 0 saturated carbocycles. The Bertz CT molecular complexity index is 406. The average molecular weight is 251 g/mol. The van der Waals surface area contributed by atoms with Crippen LogP contribution < -0.4 is 5.32 Å². The maximum atomic E-state index is 11.1. The third kappa shape index (κ3) is 5.03. The molecule has 0 saturated heterocycles. The summed E-state index contributed by atoms with van der Waals surface area (Å²) in [5.74, 6) is 2.42. The zero-order valence-corrected chi connectivity index (χ0v) is 11.0. The Morgan fingerprint density at radius 2 is 2.29 bits per heavy atom. The van der Waals surface area contributed by atoms with Crippen molar-refractivity contribution in [3.05, 3.63) is 21.9 Å². The van der Waals surface area contributed by atoms with Gasteiger partial charge in [-0.2, -0.15) is 0 Å². The summed E-state index contributed by atoms with van der Waals surface area (Å²) >= 11 is 1.62. The first-order valence-corrected chi connectivity index (χ1v) is 6.28. The lowest BCUT2D eigenvalue weighted by molar-refractivity contribution is -0.139. The SMILES string of the molecule is C#CCC(C)NCc1ccc(CC(=O)OC)s1. The van der Waals surface area contributed by atoms with Crippen molar-refractivity contribution in [3.63, 3.8) is 0 Å². The van der Waals surface area contributed by atoms with E-state index in [2.05, 4.69) is 22.9 Å². The highest BCUT2D eigenvalue weighted by Crippen LogP contribution is 2.17. The molecule has 0 spiro atoms. The Balaban J connectivity index is 2.41. The normalized spacial score (nSPS) is 11.8. The van der Waals surface area contributed by atoms with Gasteiger partial charge in [-0.25, -0.2) is 0 Å². The third-order valence-electron chi connectivity index (χ3n) is 2.31.